The molecule has 2 aromatic carbocycles. The number of anilines is 1. The molecule has 0 spiro atoms. The first-order chi connectivity index (χ1) is 14.4. The summed E-state index contributed by atoms with van der Waals surface area (Å²) in [4.78, 5) is 12.5. The number of benzene rings is 2. The second-order valence-corrected chi connectivity index (χ2v) is 8.14. The fourth-order valence-corrected chi connectivity index (χ4v) is 3.10. The predicted octanol–water partition coefficient (Wildman–Crippen LogP) is 5.18. The molecule has 4 rings (SSSR count). The Bertz CT molecular complexity index is 1030. The standard InChI is InChI=1S/C24H25NO5/c1-24(2,3)16-4-7-18(8-5-16)29-15-19-9-11-21(30-19)23(26)25-17-6-10-20-22(14-17)28-13-12-27-20/h4-11,14H,12-13,15H2,1-3H3,(H,25,26). The van der Waals surface area contributed by atoms with Gasteiger partial charge in [0.1, 0.15) is 31.3 Å². The van der Waals surface area contributed by atoms with Crippen LogP contribution in [0.1, 0.15) is 42.6 Å². The van der Waals surface area contributed by atoms with Crippen LogP contribution in [0.15, 0.2) is 59.0 Å². The lowest BCUT2D eigenvalue weighted by Crippen LogP contribution is -2.16. The van der Waals surface area contributed by atoms with Gasteiger partial charge in [-0.2, -0.15) is 0 Å². The number of amides is 1. The fraction of sp³-hybridized carbons (Fsp3) is 0.292. The molecule has 1 amide bonds. The highest BCUT2D eigenvalue weighted by Crippen LogP contribution is 2.32. The lowest BCUT2D eigenvalue weighted by Gasteiger charge is -2.19. The quantitative estimate of drug-likeness (QED) is 0.631. The highest BCUT2D eigenvalue weighted by Gasteiger charge is 2.16. The van der Waals surface area contributed by atoms with E-state index in [0.717, 1.165) is 5.75 Å². The van der Waals surface area contributed by atoms with Crippen LogP contribution in [0, 0.1) is 0 Å². The Balaban J connectivity index is 1.35. The van der Waals surface area contributed by atoms with E-state index in [9.17, 15) is 4.79 Å². The van der Waals surface area contributed by atoms with Crippen molar-refractivity contribution in [3.8, 4) is 17.2 Å². The average Bonchev–Trinajstić information content (AvgIpc) is 3.21. The van der Waals surface area contributed by atoms with E-state index in [-0.39, 0.29) is 23.7 Å². The van der Waals surface area contributed by atoms with Crippen molar-refractivity contribution in [3.05, 3.63) is 71.7 Å². The summed E-state index contributed by atoms with van der Waals surface area (Å²) < 4.78 is 22.4. The molecule has 30 heavy (non-hydrogen) atoms. The van der Waals surface area contributed by atoms with Gasteiger partial charge in [0.05, 0.1) is 0 Å². The highest BCUT2D eigenvalue weighted by molar-refractivity contribution is 6.02. The minimum atomic E-state index is -0.340. The van der Waals surface area contributed by atoms with Gasteiger partial charge in [-0.15, -0.1) is 0 Å². The van der Waals surface area contributed by atoms with E-state index in [1.807, 2.05) is 12.1 Å². The van der Waals surface area contributed by atoms with Crippen LogP contribution in [0.4, 0.5) is 5.69 Å². The summed E-state index contributed by atoms with van der Waals surface area (Å²) in [6.45, 7) is 7.77. The van der Waals surface area contributed by atoms with Crippen molar-refractivity contribution in [2.45, 2.75) is 32.8 Å². The number of rotatable bonds is 5. The fourth-order valence-electron chi connectivity index (χ4n) is 3.10. The van der Waals surface area contributed by atoms with Gasteiger partial charge >= 0.3 is 0 Å². The van der Waals surface area contributed by atoms with Crippen LogP contribution < -0.4 is 19.5 Å². The molecule has 0 bridgehead atoms. The van der Waals surface area contributed by atoms with E-state index in [2.05, 4.69) is 38.2 Å². The zero-order chi connectivity index (χ0) is 21.1. The predicted molar refractivity (Wildman–Crippen MR) is 114 cm³/mol. The monoisotopic (exact) mass is 407 g/mol. The van der Waals surface area contributed by atoms with Gasteiger partial charge in [-0.25, -0.2) is 0 Å². The molecular weight excluding hydrogens is 382 g/mol. The van der Waals surface area contributed by atoms with E-state index in [1.54, 1.807) is 30.3 Å². The van der Waals surface area contributed by atoms with Crippen molar-refractivity contribution in [1.82, 2.24) is 0 Å². The lowest BCUT2D eigenvalue weighted by molar-refractivity contribution is 0.0992. The maximum absolute atomic E-state index is 12.5. The average molecular weight is 407 g/mol. The summed E-state index contributed by atoms with van der Waals surface area (Å²) in [6, 6.07) is 16.7. The minimum absolute atomic E-state index is 0.0962. The molecule has 1 N–H and O–H groups in total. The molecular formula is C24H25NO5. The third kappa shape index (κ3) is 4.59. The SMILES string of the molecule is CC(C)(C)c1ccc(OCc2ccc(C(=O)Nc3ccc4c(c3)OCCO4)o2)cc1. The Morgan fingerprint density at radius 2 is 1.70 bits per heavy atom. The van der Waals surface area contributed by atoms with Crippen molar-refractivity contribution < 1.29 is 23.4 Å². The van der Waals surface area contributed by atoms with Gasteiger partial charge in [0.2, 0.25) is 0 Å². The summed E-state index contributed by atoms with van der Waals surface area (Å²) in [5.74, 6) is 2.49. The van der Waals surface area contributed by atoms with Crippen LogP contribution in [0.3, 0.4) is 0 Å². The minimum Gasteiger partial charge on any atom is -0.486 e. The van der Waals surface area contributed by atoms with E-state index in [4.69, 9.17) is 18.6 Å². The van der Waals surface area contributed by atoms with Gasteiger partial charge in [-0.1, -0.05) is 32.9 Å². The maximum Gasteiger partial charge on any atom is 0.291 e. The van der Waals surface area contributed by atoms with Crippen LogP contribution in [-0.2, 0) is 12.0 Å². The molecule has 0 atom stereocenters. The van der Waals surface area contributed by atoms with Crippen LogP contribution >= 0.6 is 0 Å². The molecule has 0 radical (unpaired) electrons. The second kappa shape index (κ2) is 8.14. The Labute approximate surface area is 175 Å². The van der Waals surface area contributed by atoms with Gasteiger partial charge in [-0.3, -0.25) is 4.79 Å². The Kier molecular flexibility index (Phi) is 5.40. The molecule has 156 valence electrons. The highest BCUT2D eigenvalue weighted by atomic mass is 16.6. The van der Waals surface area contributed by atoms with Gasteiger partial charge in [-0.05, 0) is 47.4 Å². The first kappa shape index (κ1) is 19.9. The molecule has 3 aromatic rings. The summed E-state index contributed by atoms with van der Waals surface area (Å²) in [6.07, 6.45) is 0. The summed E-state index contributed by atoms with van der Waals surface area (Å²) in [5, 5.41) is 2.81. The number of ether oxygens (including phenoxy) is 3. The second-order valence-electron chi connectivity index (χ2n) is 8.14. The molecule has 6 heteroatoms. The molecule has 2 heterocycles. The van der Waals surface area contributed by atoms with Crippen LogP contribution in [-0.4, -0.2) is 19.1 Å². The third-order valence-corrected chi connectivity index (χ3v) is 4.79. The molecule has 0 unspecified atom stereocenters. The maximum atomic E-state index is 12.5. The van der Waals surface area contributed by atoms with Crippen molar-refractivity contribution in [1.29, 1.82) is 0 Å². The van der Waals surface area contributed by atoms with Gasteiger partial charge < -0.3 is 23.9 Å². The van der Waals surface area contributed by atoms with Crippen LogP contribution in [0.2, 0.25) is 0 Å². The zero-order valence-corrected chi connectivity index (χ0v) is 17.4. The van der Waals surface area contributed by atoms with E-state index in [0.29, 0.717) is 36.2 Å². The molecule has 1 aromatic heterocycles. The molecule has 0 saturated carbocycles. The number of hydrogen-bond donors (Lipinski definition) is 1. The Morgan fingerprint density at radius 1 is 0.967 bits per heavy atom. The largest absolute Gasteiger partial charge is 0.486 e. The number of carbonyl (C=O) groups excluding carboxylic acids is 1. The molecule has 0 saturated heterocycles. The number of nitrogens with one attached hydrogen (secondary N) is 1. The molecule has 0 aliphatic carbocycles. The van der Waals surface area contributed by atoms with Crippen molar-refractivity contribution in [2.24, 2.45) is 0 Å². The molecule has 1 aliphatic heterocycles. The smallest absolute Gasteiger partial charge is 0.291 e. The van der Waals surface area contributed by atoms with Crippen molar-refractivity contribution in [3.63, 3.8) is 0 Å². The van der Waals surface area contributed by atoms with Crippen molar-refractivity contribution in [2.75, 3.05) is 18.5 Å². The summed E-state index contributed by atoms with van der Waals surface area (Å²) >= 11 is 0. The number of furan rings is 1. The number of fused-ring (bicyclic) bond motifs is 1. The Morgan fingerprint density at radius 3 is 2.43 bits per heavy atom. The van der Waals surface area contributed by atoms with Gasteiger partial charge in [0.15, 0.2) is 17.3 Å². The lowest BCUT2D eigenvalue weighted by atomic mass is 9.87. The summed E-state index contributed by atoms with van der Waals surface area (Å²) in [7, 11) is 0. The van der Waals surface area contributed by atoms with E-state index >= 15 is 0 Å². The zero-order valence-electron chi connectivity index (χ0n) is 17.4. The molecule has 6 nitrogen and oxygen atoms in total. The van der Waals surface area contributed by atoms with Gasteiger partial charge in [0, 0.05) is 11.8 Å². The topological polar surface area (TPSA) is 69.9 Å². The third-order valence-electron chi connectivity index (χ3n) is 4.79. The first-order valence-corrected chi connectivity index (χ1v) is 9.91. The van der Waals surface area contributed by atoms with Crippen LogP contribution in [0.5, 0.6) is 17.2 Å². The van der Waals surface area contributed by atoms with E-state index < -0.39 is 0 Å². The van der Waals surface area contributed by atoms with Gasteiger partial charge in [0.25, 0.3) is 5.91 Å². The normalized spacial score (nSPS) is 13.0. The number of carbonyl (C=O) groups is 1. The summed E-state index contributed by atoms with van der Waals surface area (Å²) in [5.41, 5.74) is 1.95. The van der Waals surface area contributed by atoms with Crippen molar-refractivity contribution >= 4 is 11.6 Å². The first-order valence-electron chi connectivity index (χ1n) is 9.91. The van der Waals surface area contributed by atoms with Crippen LogP contribution in [0.25, 0.3) is 0 Å². The molecule has 0 fully saturated rings. The van der Waals surface area contributed by atoms with E-state index in [1.165, 1.54) is 5.56 Å². The molecule has 1 aliphatic rings. The Hall–Kier alpha value is -3.41. The number of hydrogen-bond acceptors (Lipinski definition) is 5.